The lowest BCUT2D eigenvalue weighted by Gasteiger charge is -2.24. The van der Waals surface area contributed by atoms with Gasteiger partial charge >= 0.3 is 6.92 Å². The highest BCUT2D eigenvalue weighted by atomic mass is 35.5. The summed E-state index contributed by atoms with van der Waals surface area (Å²) in [6.07, 6.45) is 0. The van der Waals surface area contributed by atoms with Crippen LogP contribution in [0.3, 0.4) is 0 Å². The minimum absolute atomic E-state index is 0.0130. The predicted molar refractivity (Wildman–Crippen MR) is 120 cm³/mol. The van der Waals surface area contributed by atoms with Crippen molar-refractivity contribution < 1.29 is 4.65 Å². The Hall–Kier alpha value is -0.995. The second-order valence-corrected chi connectivity index (χ2v) is 9.83. The van der Waals surface area contributed by atoms with Gasteiger partial charge in [-0.25, -0.2) is 0 Å². The van der Waals surface area contributed by atoms with Crippen LogP contribution < -0.4 is 16.7 Å². The van der Waals surface area contributed by atoms with Crippen molar-refractivity contribution in [1.29, 1.82) is 0 Å². The molecule has 0 heterocycles. The van der Waals surface area contributed by atoms with Crippen LogP contribution in [0, 0.1) is 0 Å². The van der Waals surface area contributed by atoms with Gasteiger partial charge in [0.25, 0.3) is 0 Å². The highest BCUT2D eigenvalue weighted by Crippen LogP contribution is 2.30. The van der Waals surface area contributed by atoms with Crippen molar-refractivity contribution in [3.8, 4) is 0 Å². The second-order valence-electron chi connectivity index (χ2n) is 9.02. The summed E-state index contributed by atoms with van der Waals surface area (Å²) in [5, 5.41) is 1.50. The molecule has 0 atom stereocenters. The molecular weight excluding hydrogens is 376 g/mol. The van der Waals surface area contributed by atoms with Gasteiger partial charge in [-0.1, -0.05) is 89.0 Å². The Bertz CT molecular complexity index is 730. The van der Waals surface area contributed by atoms with Gasteiger partial charge < -0.3 is 10.4 Å². The summed E-state index contributed by atoms with van der Waals surface area (Å²) in [6, 6.07) is 12.3. The summed E-state index contributed by atoms with van der Waals surface area (Å²) < 4.78 is 6.08. The van der Waals surface area contributed by atoms with E-state index in [2.05, 4.69) is 65.8 Å². The molecule has 2 N–H and O–H groups in total. The minimum atomic E-state index is -0.258. The van der Waals surface area contributed by atoms with Gasteiger partial charge in [-0.15, -0.1) is 0 Å². The Kier molecular flexibility index (Phi) is 7.08. The minimum Gasteiger partial charge on any atom is -0.426 e. The zero-order valence-electron chi connectivity index (χ0n) is 17.2. The molecule has 0 aliphatic rings. The van der Waals surface area contributed by atoms with E-state index in [0.717, 1.165) is 32.1 Å². The zero-order chi connectivity index (χ0) is 20.4. The molecule has 0 aromatic heterocycles. The normalized spacial score (nSPS) is 12.3. The van der Waals surface area contributed by atoms with E-state index >= 15 is 0 Å². The quantitative estimate of drug-likeness (QED) is 0.733. The van der Waals surface area contributed by atoms with E-state index in [0.29, 0.717) is 13.2 Å². The van der Waals surface area contributed by atoms with Gasteiger partial charge in [0, 0.05) is 23.2 Å². The molecule has 0 amide bonds. The third kappa shape index (κ3) is 5.51. The van der Waals surface area contributed by atoms with Gasteiger partial charge in [0.15, 0.2) is 0 Å². The molecule has 5 heteroatoms. The van der Waals surface area contributed by atoms with E-state index in [-0.39, 0.29) is 17.7 Å². The third-order valence-corrected chi connectivity index (χ3v) is 5.24. The fraction of sp³-hybridized carbons (Fsp3) is 0.455. The molecule has 27 heavy (non-hydrogen) atoms. The molecule has 0 saturated heterocycles. The topological polar surface area (TPSA) is 35.2 Å². The molecule has 0 fully saturated rings. The molecule has 0 unspecified atom stereocenters. The van der Waals surface area contributed by atoms with E-state index < -0.39 is 0 Å². The van der Waals surface area contributed by atoms with Gasteiger partial charge in [-0.05, 0) is 45.0 Å². The summed E-state index contributed by atoms with van der Waals surface area (Å²) in [5.74, 6) is 0. The number of nitrogens with two attached hydrogens (primary N) is 1. The highest BCUT2D eigenvalue weighted by molar-refractivity contribution is 6.80. The molecule has 2 rings (SSSR count). The Morgan fingerprint density at radius 2 is 1.22 bits per heavy atom. The van der Waals surface area contributed by atoms with Gasteiger partial charge in [-0.3, -0.25) is 0 Å². The largest absolute Gasteiger partial charge is 0.426 e. The molecule has 2 aromatic carbocycles. The lowest BCUT2D eigenvalue weighted by Crippen LogP contribution is -2.46. The Morgan fingerprint density at radius 3 is 1.52 bits per heavy atom. The van der Waals surface area contributed by atoms with Crippen LogP contribution in [-0.4, -0.2) is 20.1 Å². The van der Waals surface area contributed by atoms with Gasteiger partial charge in [-0.2, -0.15) is 0 Å². The first-order valence-corrected chi connectivity index (χ1v) is 10.1. The van der Waals surface area contributed by atoms with Gasteiger partial charge in [0.1, 0.15) is 0 Å². The van der Waals surface area contributed by atoms with Crippen molar-refractivity contribution in [1.82, 2.24) is 0 Å². The fourth-order valence-corrected chi connectivity index (χ4v) is 4.12. The number of hydrogen-bond acceptors (Lipinski definition) is 2. The number of hydrogen-bond donors (Lipinski definition) is 1. The Labute approximate surface area is 174 Å². The van der Waals surface area contributed by atoms with Gasteiger partial charge in [0.05, 0.1) is 0 Å². The first kappa shape index (κ1) is 22.3. The van der Waals surface area contributed by atoms with E-state index in [1.807, 2.05) is 12.1 Å². The molecule has 2 nitrogen and oxygen atoms in total. The van der Waals surface area contributed by atoms with Crippen LogP contribution in [-0.2, 0) is 15.5 Å². The van der Waals surface area contributed by atoms with Crippen LogP contribution in [0.4, 0.5) is 0 Å². The standard InChI is InChI=1S/C22H30BCl2NO/c1-21(2,3)17-9-7-15(13-19(17)24)23(27-12-11-26)16-8-10-18(20(25)14-16)22(4,5)6/h7-10,13-14H,11-12,26H2,1-6H3. The van der Waals surface area contributed by atoms with Crippen LogP contribution in [0.1, 0.15) is 52.7 Å². The fourth-order valence-electron chi connectivity index (χ4n) is 3.18. The lowest BCUT2D eigenvalue weighted by atomic mass is 9.55. The average molecular weight is 406 g/mol. The van der Waals surface area contributed by atoms with E-state index in [4.69, 9.17) is 33.6 Å². The summed E-state index contributed by atoms with van der Waals surface area (Å²) >= 11 is 13.2. The first-order chi connectivity index (χ1) is 12.4. The van der Waals surface area contributed by atoms with Crippen molar-refractivity contribution in [2.75, 3.05) is 13.2 Å². The van der Waals surface area contributed by atoms with E-state index in [1.165, 1.54) is 0 Å². The van der Waals surface area contributed by atoms with Crippen LogP contribution >= 0.6 is 23.2 Å². The Morgan fingerprint density at radius 1 is 0.815 bits per heavy atom. The predicted octanol–water partition coefficient (Wildman–Crippen LogP) is 4.67. The maximum atomic E-state index is 6.59. The maximum absolute atomic E-state index is 6.59. The molecule has 0 saturated carbocycles. The molecular formula is C22H30BCl2NO. The molecule has 0 spiro atoms. The van der Waals surface area contributed by atoms with Crippen molar-refractivity contribution >= 4 is 41.0 Å². The maximum Gasteiger partial charge on any atom is 0.361 e. The Balaban J connectivity index is 2.47. The monoisotopic (exact) mass is 405 g/mol. The van der Waals surface area contributed by atoms with E-state index in [9.17, 15) is 0 Å². The third-order valence-electron chi connectivity index (χ3n) is 4.61. The van der Waals surface area contributed by atoms with Crippen molar-refractivity contribution in [3.05, 3.63) is 57.6 Å². The van der Waals surface area contributed by atoms with Crippen LogP contribution in [0.2, 0.25) is 10.0 Å². The lowest BCUT2D eigenvalue weighted by molar-refractivity contribution is 0.344. The van der Waals surface area contributed by atoms with Crippen LogP contribution in [0.25, 0.3) is 0 Å². The summed E-state index contributed by atoms with van der Waals surface area (Å²) in [4.78, 5) is 0. The van der Waals surface area contributed by atoms with Gasteiger partial charge in [0.2, 0.25) is 0 Å². The molecule has 0 bridgehead atoms. The van der Waals surface area contributed by atoms with E-state index in [1.54, 1.807) is 0 Å². The van der Waals surface area contributed by atoms with Crippen molar-refractivity contribution in [2.45, 2.75) is 52.4 Å². The van der Waals surface area contributed by atoms with Crippen LogP contribution in [0.5, 0.6) is 0 Å². The molecule has 0 aliphatic heterocycles. The molecule has 0 radical (unpaired) electrons. The summed E-state index contributed by atoms with van der Waals surface area (Å²) in [6.45, 7) is 13.6. The highest BCUT2D eigenvalue weighted by Gasteiger charge is 2.26. The SMILES string of the molecule is CC(C)(C)c1ccc(B(OCCN)c2ccc(C(C)(C)C)c(Cl)c2)cc1Cl. The smallest absolute Gasteiger partial charge is 0.361 e. The zero-order valence-corrected chi connectivity index (χ0v) is 18.7. The average Bonchev–Trinajstić information content (AvgIpc) is 2.53. The summed E-state index contributed by atoms with van der Waals surface area (Å²) in [7, 11) is 0. The molecule has 2 aromatic rings. The summed E-state index contributed by atoms with van der Waals surface area (Å²) in [5.41, 5.74) is 9.89. The number of halogens is 2. The second kappa shape index (κ2) is 8.57. The molecule has 0 aliphatic carbocycles. The van der Waals surface area contributed by atoms with Crippen molar-refractivity contribution in [2.24, 2.45) is 5.73 Å². The van der Waals surface area contributed by atoms with Crippen molar-refractivity contribution in [3.63, 3.8) is 0 Å². The first-order valence-electron chi connectivity index (χ1n) is 9.36. The van der Waals surface area contributed by atoms with Crippen LogP contribution in [0.15, 0.2) is 36.4 Å². The number of rotatable bonds is 5. The number of benzene rings is 2. The molecule has 146 valence electrons.